The first-order chi connectivity index (χ1) is 7.96. The highest BCUT2D eigenvalue weighted by atomic mass is 32.2. The lowest BCUT2D eigenvalue weighted by Crippen LogP contribution is -2.16. The lowest BCUT2D eigenvalue weighted by molar-refractivity contribution is 0.417. The maximum Gasteiger partial charge on any atom is 0.147 e. The van der Waals surface area contributed by atoms with Gasteiger partial charge in [0.1, 0.15) is 9.84 Å². The Hall–Kier alpha value is -0.460. The van der Waals surface area contributed by atoms with Crippen molar-refractivity contribution in [2.75, 3.05) is 12.0 Å². The summed E-state index contributed by atoms with van der Waals surface area (Å²) in [7, 11) is -2.93. The molecule has 0 saturated heterocycles. The second kappa shape index (κ2) is 5.04. The molecule has 1 atom stereocenters. The standard InChI is InChI=1S/C11H18N2O2S2/c1-17(14,15)6-5-9(12)10-7-16-11(13-10)8-3-2-4-8/h7-9H,2-6,12H2,1H3. The summed E-state index contributed by atoms with van der Waals surface area (Å²) in [6, 6.07) is -0.255. The first kappa shape index (κ1) is 13.0. The van der Waals surface area contributed by atoms with Crippen LogP contribution < -0.4 is 5.73 Å². The average molecular weight is 274 g/mol. The summed E-state index contributed by atoms with van der Waals surface area (Å²) in [5.41, 5.74) is 6.80. The summed E-state index contributed by atoms with van der Waals surface area (Å²) in [5, 5.41) is 3.14. The monoisotopic (exact) mass is 274 g/mol. The number of hydrogen-bond acceptors (Lipinski definition) is 5. The van der Waals surface area contributed by atoms with Crippen LogP contribution in [0.1, 0.15) is 48.3 Å². The van der Waals surface area contributed by atoms with Crippen LogP contribution in [0.25, 0.3) is 0 Å². The quantitative estimate of drug-likeness (QED) is 0.889. The van der Waals surface area contributed by atoms with Crippen molar-refractivity contribution >= 4 is 21.2 Å². The van der Waals surface area contributed by atoms with Gasteiger partial charge in [-0.25, -0.2) is 13.4 Å². The van der Waals surface area contributed by atoms with E-state index in [0.717, 1.165) is 5.69 Å². The molecule has 0 amide bonds. The predicted molar refractivity (Wildman–Crippen MR) is 70.0 cm³/mol. The molecule has 0 spiro atoms. The van der Waals surface area contributed by atoms with Gasteiger partial charge in [-0.1, -0.05) is 6.42 Å². The molecule has 4 nitrogen and oxygen atoms in total. The lowest BCUT2D eigenvalue weighted by atomic mass is 9.86. The highest BCUT2D eigenvalue weighted by Gasteiger charge is 2.23. The third kappa shape index (κ3) is 3.50. The van der Waals surface area contributed by atoms with Crippen LogP contribution in [-0.2, 0) is 9.84 Å². The highest BCUT2D eigenvalue weighted by molar-refractivity contribution is 7.90. The van der Waals surface area contributed by atoms with Crippen molar-refractivity contribution in [2.45, 2.75) is 37.6 Å². The molecule has 0 aromatic carbocycles. The molecule has 6 heteroatoms. The number of thiazole rings is 1. The van der Waals surface area contributed by atoms with E-state index >= 15 is 0 Å². The van der Waals surface area contributed by atoms with Gasteiger partial charge in [0.2, 0.25) is 0 Å². The summed E-state index contributed by atoms with van der Waals surface area (Å²) in [6.07, 6.45) is 5.43. The minimum absolute atomic E-state index is 0.129. The van der Waals surface area contributed by atoms with E-state index in [1.54, 1.807) is 11.3 Å². The zero-order chi connectivity index (χ0) is 12.5. The number of sulfone groups is 1. The van der Waals surface area contributed by atoms with Crippen LogP contribution in [0, 0.1) is 0 Å². The van der Waals surface area contributed by atoms with Crippen molar-refractivity contribution in [1.82, 2.24) is 4.98 Å². The van der Waals surface area contributed by atoms with Crippen molar-refractivity contribution < 1.29 is 8.42 Å². The van der Waals surface area contributed by atoms with Crippen molar-refractivity contribution in [3.63, 3.8) is 0 Å². The zero-order valence-electron chi connectivity index (χ0n) is 9.93. The molecule has 1 aromatic heterocycles. The minimum Gasteiger partial charge on any atom is -0.323 e. The maximum atomic E-state index is 11.1. The van der Waals surface area contributed by atoms with Gasteiger partial charge in [-0.3, -0.25) is 0 Å². The normalized spacial score (nSPS) is 18.9. The fourth-order valence-electron chi connectivity index (χ4n) is 1.80. The van der Waals surface area contributed by atoms with E-state index in [1.165, 1.54) is 30.5 Å². The second-order valence-electron chi connectivity index (χ2n) is 4.76. The van der Waals surface area contributed by atoms with Crippen molar-refractivity contribution in [1.29, 1.82) is 0 Å². The van der Waals surface area contributed by atoms with E-state index in [9.17, 15) is 8.42 Å². The molecule has 1 saturated carbocycles. The second-order valence-corrected chi connectivity index (χ2v) is 7.91. The lowest BCUT2D eigenvalue weighted by Gasteiger charge is -2.22. The molecule has 0 bridgehead atoms. The van der Waals surface area contributed by atoms with Crippen molar-refractivity contribution in [3.05, 3.63) is 16.1 Å². The first-order valence-corrected chi connectivity index (χ1v) is 8.78. The Kier molecular flexibility index (Phi) is 3.85. The van der Waals surface area contributed by atoms with E-state index in [0.29, 0.717) is 12.3 Å². The summed E-state index contributed by atoms with van der Waals surface area (Å²) in [5.74, 6) is 0.751. The Morgan fingerprint density at radius 1 is 1.59 bits per heavy atom. The molecule has 1 heterocycles. The summed E-state index contributed by atoms with van der Waals surface area (Å²) >= 11 is 1.65. The molecule has 1 aliphatic rings. The minimum atomic E-state index is -2.93. The van der Waals surface area contributed by atoms with Crippen LogP contribution in [0.4, 0.5) is 0 Å². The van der Waals surface area contributed by atoms with Gasteiger partial charge in [0.05, 0.1) is 16.5 Å². The van der Waals surface area contributed by atoms with Gasteiger partial charge in [0, 0.05) is 23.6 Å². The maximum absolute atomic E-state index is 11.1. The van der Waals surface area contributed by atoms with Crippen LogP contribution in [0.2, 0.25) is 0 Å². The molecule has 96 valence electrons. The van der Waals surface area contributed by atoms with Crippen LogP contribution in [-0.4, -0.2) is 25.4 Å². The van der Waals surface area contributed by atoms with Gasteiger partial charge in [-0.05, 0) is 19.3 Å². The predicted octanol–water partition coefficient (Wildman–Crippen LogP) is 1.85. The van der Waals surface area contributed by atoms with Gasteiger partial charge in [0.25, 0.3) is 0 Å². The molecule has 2 N–H and O–H groups in total. The molecule has 2 rings (SSSR count). The van der Waals surface area contributed by atoms with Gasteiger partial charge in [-0.15, -0.1) is 11.3 Å². The number of hydrogen-bond donors (Lipinski definition) is 1. The van der Waals surface area contributed by atoms with Crippen LogP contribution in [0.3, 0.4) is 0 Å². The average Bonchev–Trinajstić information content (AvgIpc) is 2.59. The Morgan fingerprint density at radius 3 is 2.82 bits per heavy atom. The van der Waals surface area contributed by atoms with Crippen molar-refractivity contribution in [3.8, 4) is 0 Å². The van der Waals surface area contributed by atoms with E-state index in [2.05, 4.69) is 4.98 Å². The third-order valence-corrected chi connectivity index (χ3v) is 5.18. The Labute approximate surface area is 106 Å². The molecule has 1 aromatic rings. The topological polar surface area (TPSA) is 73.0 Å². The number of rotatable bonds is 5. The Bertz CT molecular complexity index is 477. The molecule has 0 radical (unpaired) electrons. The number of nitrogens with zero attached hydrogens (tertiary/aromatic N) is 1. The Morgan fingerprint density at radius 2 is 2.29 bits per heavy atom. The molecule has 1 aliphatic carbocycles. The van der Waals surface area contributed by atoms with Crippen LogP contribution in [0.5, 0.6) is 0 Å². The van der Waals surface area contributed by atoms with Crippen LogP contribution in [0.15, 0.2) is 5.38 Å². The molecular formula is C11H18N2O2S2. The van der Waals surface area contributed by atoms with Gasteiger partial charge < -0.3 is 5.73 Å². The number of nitrogens with two attached hydrogens (primary N) is 1. The zero-order valence-corrected chi connectivity index (χ0v) is 11.6. The SMILES string of the molecule is CS(=O)(=O)CCC(N)c1csc(C2CCC2)n1. The van der Waals surface area contributed by atoms with E-state index in [4.69, 9.17) is 5.73 Å². The smallest absolute Gasteiger partial charge is 0.147 e. The fourth-order valence-corrected chi connectivity index (χ4v) is 3.54. The first-order valence-electron chi connectivity index (χ1n) is 5.84. The third-order valence-electron chi connectivity index (χ3n) is 3.17. The molecule has 17 heavy (non-hydrogen) atoms. The Balaban J connectivity index is 1.94. The van der Waals surface area contributed by atoms with Crippen LogP contribution >= 0.6 is 11.3 Å². The molecular weight excluding hydrogens is 256 g/mol. The number of aromatic nitrogens is 1. The summed E-state index contributed by atoms with van der Waals surface area (Å²) in [6.45, 7) is 0. The highest BCUT2D eigenvalue weighted by Crippen LogP contribution is 2.38. The largest absolute Gasteiger partial charge is 0.323 e. The summed E-state index contributed by atoms with van der Waals surface area (Å²) < 4.78 is 22.1. The van der Waals surface area contributed by atoms with Gasteiger partial charge in [-0.2, -0.15) is 0 Å². The van der Waals surface area contributed by atoms with Gasteiger partial charge >= 0.3 is 0 Å². The van der Waals surface area contributed by atoms with Crippen molar-refractivity contribution in [2.24, 2.45) is 5.73 Å². The summed E-state index contributed by atoms with van der Waals surface area (Å²) in [4.78, 5) is 4.53. The molecule has 1 unspecified atom stereocenters. The van der Waals surface area contributed by atoms with E-state index in [-0.39, 0.29) is 11.8 Å². The van der Waals surface area contributed by atoms with E-state index < -0.39 is 9.84 Å². The van der Waals surface area contributed by atoms with E-state index in [1.807, 2.05) is 5.38 Å². The fraction of sp³-hybridized carbons (Fsp3) is 0.727. The van der Waals surface area contributed by atoms with Gasteiger partial charge in [0.15, 0.2) is 0 Å². The molecule has 0 aliphatic heterocycles. The molecule has 1 fully saturated rings.